The molecule has 0 aliphatic carbocycles. The molecule has 0 bridgehead atoms. The summed E-state index contributed by atoms with van der Waals surface area (Å²) in [5.74, 6) is -0.503. The number of carbonyl (C=O) groups is 1. The number of aliphatic hydroxyl groups is 3. The van der Waals surface area contributed by atoms with Crippen LogP contribution in [0.4, 0.5) is 0 Å². The lowest BCUT2D eigenvalue weighted by Gasteiger charge is -2.41. The SMILES string of the molecule is CC(=O)N[C@H]1C(O)O[C@H](CO)[C@@H](O)N1O. The van der Waals surface area contributed by atoms with Crippen molar-refractivity contribution < 1.29 is 30.1 Å². The molecule has 0 aromatic heterocycles. The van der Waals surface area contributed by atoms with Gasteiger partial charge in [0.1, 0.15) is 6.10 Å². The summed E-state index contributed by atoms with van der Waals surface area (Å²) in [5.41, 5.74) is 0. The van der Waals surface area contributed by atoms with Crippen molar-refractivity contribution in [2.75, 3.05) is 6.61 Å². The van der Waals surface area contributed by atoms with Crippen LogP contribution >= 0.6 is 0 Å². The van der Waals surface area contributed by atoms with Crippen LogP contribution in [0.3, 0.4) is 0 Å². The average molecular weight is 222 g/mol. The van der Waals surface area contributed by atoms with Gasteiger partial charge in [-0.15, -0.1) is 5.06 Å². The third kappa shape index (κ3) is 2.62. The highest BCUT2D eigenvalue weighted by Crippen LogP contribution is 2.17. The highest BCUT2D eigenvalue weighted by molar-refractivity contribution is 5.73. The van der Waals surface area contributed by atoms with Gasteiger partial charge in [-0.25, -0.2) is 0 Å². The third-order valence-corrected chi connectivity index (χ3v) is 2.00. The van der Waals surface area contributed by atoms with E-state index in [1.165, 1.54) is 6.92 Å². The molecule has 0 aromatic rings. The van der Waals surface area contributed by atoms with Crippen LogP contribution in [0.2, 0.25) is 0 Å². The van der Waals surface area contributed by atoms with Gasteiger partial charge in [0.05, 0.1) is 6.61 Å². The minimum atomic E-state index is -1.53. The molecule has 15 heavy (non-hydrogen) atoms. The minimum Gasteiger partial charge on any atom is -0.394 e. The smallest absolute Gasteiger partial charge is 0.218 e. The van der Waals surface area contributed by atoms with Gasteiger partial charge < -0.3 is 30.6 Å². The van der Waals surface area contributed by atoms with E-state index in [4.69, 9.17) is 9.84 Å². The molecular formula is C7H14N2O6. The first-order chi connectivity index (χ1) is 6.97. The summed E-state index contributed by atoms with van der Waals surface area (Å²) in [5, 5.41) is 39.3. The molecule has 1 saturated heterocycles. The first-order valence-electron chi connectivity index (χ1n) is 4.34. The van der Waals surface area contributed by atoms with E-state index in [-0.39, 0.29) is 0 Å². The summed E-state index contributed by atoms with van der Waals surface area (Å²) < 4.78 is 4.77. The molecule has 1 amide bonds. The van der Waals surface area contributed by atoms with E-state index in [9.17, 15) is 20.2 Å². The Labute approximate surface area is 85.6 Å². The zero-order valence-corrected chi connectivity index (χ0v) is 8.07. The summed E-state index contributed by atoms with van der Waals surface area (Å²) in [6, 6.07) is 0. The maximum Gasteiger partial charge on any atom is 0.218 e. The molecule has 1 unspecified atom stereocenters. The van der Waals surface area contributed by atoms with E-state index >= 15 is 0 Å². The van der Waals surface area contributed by atoms with Crippen LogP contribution in [0.5, 0.6) is 0 Å². The number of nitrogens with one attached hydrogen (secondary N) is 1. The number of ether oxygens (including phenoxy) is 1. The molecule has 88 valence electrons. The van der Waals surface area contributed by atoms with Crippen molar-refractivity contribution in [2.24, 2.45) is 0 Å². The first-order valence-corrected chi connectivity index (χ1v) is 4.34. The second-order valence-electron chi connectivity index (χ2n) is 3.19. The zero-order valence-electron chi connectivity index (χ0n) is 8.07. The molecule has 4 atom stereocenters. The van der Waals surface area contributed by atoms with E-state index in [0.717, 1.165) is 0 Å². The molecule has 1 aliphatic heterocycles. The van der Waals surface area contributed by atoms with E-state index in [1.54, 1.807) is 0 Å². The van der Waals surface area contributed by atoms with Gasteiger partial charge in [0.15, 0.2) is 18.7 Å². The van der Waals surface area contributed by atoms with Gasteiger partial charge >= 0.3 is 0 Å². The summed E-state index contributed by atoms with van der Waals surface area (Å²) >= 11 is 0. The first kappa shape index (κ1) is 12.3. The van der Waals surface area contributed by atoms with E-state index in [2.05, 4.69) is 5.32 Å². The Bertz CT molecular complexity index is 238. The molecule has 1 rings (SSSR count). The van der Waals surface area contributed by atoms with E-state index in [0.29, 0.717) is 5.06 Å². The van der Waals surface area contributed by atoms with Gasteiger partial charge in [-0.1, -0.05) is 0 Å². The molecule has 5 N–H and O–H groups in total. The number of hydrogen-bond acceptors (Lipinski definition) is 7. The number of nitrogens with zero attached hydrogens (tertiary/aromatic N) is 1. The number of morpholine rings is 1. The summed E-state index contributed by atoms with van der Waals surface area (Å²) in [6.07, 6.45) is -5.44. The highest BCUT2D eigenvalue weighted by Gasteiger charge is 2.42. The van der Waals surface area contributed by atoms with Crippen molar-refractivity contribution in [3.63, 3.8) is 0 Å². The van der Waals surface area contributed by atoms with Crippen LogP contribution in [0, 0.1) is 0 Å². The Morgan fingerprint density at radius 2 is 2.13 bits per heavy atom. The lowest BCUT2D eigenvalue weighted by Crippen LogP contribution is -2.65. The number of hydroxylamine groups is 2. The average Bonchev–Trinajstić information content (AvgIpc) is 2.18. The van der Waals surface area contributed by atoms with Crippen molar-refractivity contribution >= 4 is 5.91 Å². The van der Waals surface area contributed by atoms with Gasteiger partial charge in [-0.3, -0.25) is 4.79 Å². The maximum absolute atomic E-state index is 10.7. The number of carbonyl (C=O) groups excluding carboxylic acids is 1. The van der Waals surface area contributed by atoms with Gasteiger partial charge in [-0.05, 0) is 0 Å². The molecule has 1 aliphatic rings. The molecule has 1 fully saturated rings. The molecule has 1 heterocycles. The van der Waals surface area contributed by atoms with Gasteiger partial charge in [-0.2, -0.15) is 0 Å². The van der Waals surface area contributed by atoms with Crippen molar-refractivity contribution in [3.05, 3.63) is 0 Å². The largest absolute Gasteiger partial charge is 0.394 e. The van der Waals surface area contributed by atoms with E-state index in [1.807, 2.05) is 0 Å². The topological polar surface area (TPSA) is 122 Å². The predicted molar refractivity (Wildman–Crippen MR) is 45.2 cm³/mol. The van der Waals surface area contributed by atoms with Crippen LogP contribution < -0.4 is 5.32 Å². The number of rotatable bonds is 2. The molecule has 8 heteroatoms. The maximum atomic E-state index is 10.7. The van der Waals surface area contributed by atoms with Gasteiger partial charge in [0, 0.05) is 6.92 Å². The van der Waals surface area contributed by atoms with Crippen molar-refractivity contribution in [1.29, 1.82) is 0 Å². The molecule has 0 spiro atoms. The lowest BCUT2D eigenvalue weighted by atomic mass is 10.2. The fourth-order valence-electron chi connectivity index (χ4n) is 1.27. The van der Waals surface area contributed by atoms with Crippen LogP contribution in [0.1, 0.15) is 6.92 Å². The minimum absolute atomic E-state index is 0.330. The molecule has 8 nitrogen and oxygen atoms in total. The predicted octanol–water partition coefficient (Wildman–Crippen LogP) is -2.83. The fraction of sp³-hybridized carbons (Fsp3) is 0.857. The molecular weight excluding hydrogens is 208 g/mol. The Morgan fingerprint density at radius 3 is 2.60 bits per heavy atom. The van der Waals surface area contributed by atoms with E-state index < -0.39 is 37.3 Å². The van der Waals surface area contributed by atoms with Crippen LogP contribution in [-0.4, -0.2) is 62.9 Å². The Morgan fingerprint density at radius 1 is 1.53 bits per heavy atom. The number of aliphatic hydroxyl groups excluding tert-OH is 3. The summed E-state index contributed by atoms with van der Waals surface area (Å²) in [6.45, 7) is 0.618. The van der Waals surface area contributed by atoms with Gasteiger partial charge in [0.2, 0.25) is 5.91 Å². The van der Waals surface area contributed by atoms with Crippen LogP contribution in [0.25, 0.3) is 0 Å². The van der Waals surface area contributed by atoms with Crippen molar-refractivity contribution in [3.8, 4) is 0 Å². The number of hydrogen-bond donors (Lipinski definition) is 5. The van der Waals surface area contributed by atoms with Crippen LogP contribution in [0.15, 0.2) is 0 Å². The van der Waals surface area contributed by atoms with Crippen molar-refractivity contribution in [1.82, 2.24) is 10.4 Å². The van der Waals surface area contributed by atoms with Crippen LogP contribution in [-0.2, 0) is 9.53 Å². The second-order valence-corrected chi connectivity index (χ2v) is 3.19. The fourth-order valence-corrected chi connectivity index (χ4v) is 1.27. The lowest BCUT2D eigenvalue weighted by molar-refractivity contribution is -0.357. The zero-order chi connectivity index (χ0) is 11.6. The highest BCUT2D eigenvalue weighted by atomic mass is 16.7. The second kappa shape index (κ2) is 4.84. The Balaban J connectivity index is 2.70. The Hall–Kier alpha value is -0.770. The standard InChI is InChI=1S/C7H14N2O6/c1-3(11)8-5-7(13)15-4(2-10)6(12)9(5)14/h4-7,10,12-14H,2H2,1H3,(H,8,11)/t4-,5-,6-,7?/m1/s1. The molecule has 0 saturated carbocycles. The van der Waals surface area contributed by atoms with Gasteiger partial charge in [0.25, 0.3) is 0 Å². The number of amides is 1. The van der Waals surface area contributed by atoms with Crippen molar-refractivity contribution in [2.45, 2.75) is 31.7 Å². The Kier molecular flexibility index (Phi) is 3.97. The summed E-state index contributed by atoms with van der Waals surface area (Å²) in [7, 11) is 0. The molecule has 0 radical (unpaired) electrons. The third-order valence-electron chi connectivity index (χ3n) is 2.00. The summed E-state index contributed by atoms with van der Waals surface area (Å²) in [4.78, 5) is 10.7. The monoisotopic (exact) mass is 222 g/mol. The normalized spacial score (nSPS) is 37.7. The quantitative estimate of drug-likeness (QED) is 0.341. The molecule has 0 aromatic carbocycles.